The third-order valence-corrected chi connectivity index (χ3v) is 4.14. The molecule has 3 rings (SSSR count). The van der Waals surface area contributed by atoms with Gasteiger partial charge in [-0.15, -0.1) is 0 Å². The molecule has 0 atom stereocenters. The van der Waals surface area contributed by atoms with Crippen LogP contribution in [0.2, 0.25) is 0 Å². The van der Waals surface area contributed by atoms with Gasteiger partial charge in [-0.3, -0.25) is 14.6 Å². The van der Waals surface area contributed by atoms with Gasteiger partial charge in [0.1, 0.15) is 0 Å². The number of carbonyl (C=O) groups excluding carboxylic acids is 3. The molecular weight excluding hydrogens is 370 g/mol. The molecule has 1 heterocycles. The van der Waals surface area contributed by atoms with E-state index in [4.69, 9.17) is 0 Å². The molecule has 0 saturated carbocycles. The highest BCUT2D eigenvalue weighted by molar-refractivity contribution is 6.05. The molecule has 29 heavy (non-hydrogen) atoms. The van der Waals surface area contributed by atoms with Crippen LogP contribution in [0.3, 0.4) is 0 Å². The van der Waals surface area contributed by atoms with E-state index in [1.54, 1.807) is 60.8 Å². The van der Waals surface area contributed by atoms with Gasteiger partial charge in [0.25, 0.3) is 5.91 Å². The number of amides is 1. The number of ether oxygens (including phenoxy) is 1. The molecule has 2 N–H and O–H groups in total. The molecule has 0 saturated heterocycles. The van der Waals surface area contributed by atoms with Crippen LogP contribution in [0.1, 0.15) is 38.0 Å². The summed E-state index contributed by atoms with van der Waals surface area (Å²) in [5, 5.41) is 5.91. The van der Waals surface area contributed by atoms with Crippen LogP contribution in [0, 0.1) is 0 Å². The maximum atomic E-state index is 12.5. The second-order valence-corrected chi connectivity index (χ2v) is 6.24. The van der Waals surface area contributed by atoms with E-state index >= 15 is 0 Å². The van der Waals surface area contributed by atoms with E-state index in [0.717, 1.165) is 5.69 Å². The minimum absolute atomic E-state index is 0.0366. The van der Waals surface area contributed by atoms with Crippen LogP contribution in [-0.4, -0.2) is 29.8 Å². The lowest BCUT2D eigenvalue weighted by Crippen LogP contribution is -2.12. The van der Waals surface area contributed by atoms with Crippen LogP contribution in [0.25, 0.3) is 0 Å². The van der Waals surface area contributed by atoms with Gasteiger partial charge in [-0.25, -0.2) is 4.79 Å². The summed E-state index contributed by atoms with van der Waals surface area (Å²) in [6.45, 7) is 1.49. The van der Waals surface area contributed by atoms with Crippen LogP contribution in [-0.2, 0) is 4.74 Å². The maximum absolute atomic E-state index is 12.5. The Balaban J connectivity index is 1.69. The Morgan fingerprint density at radius 2 is 1.41 bits per heavy atom. The van der Waals surface area contributed by atoms with E-state index in [1.165, 1.54) is 20.2 Å². The maximum Gasteiger partial charge on any atom is 0.337 e. The van der Waals surface area contributed by atoms with Crippen molar-refractivity contribution in [1.82, 2.24) is 4.98 Å². The molecule has 146 valence electrons. The van der Waals surface area contributed by atoms with Gasteiger partial charge in [0.2, 0.25) is 0 Å². The number of benzene rings is 2. The van der Waals surface area contributed by atoms with Crippen LogP contribution in [0.5, 0.6) is 0 Å². The highest BCUT2D eigenvalue weighted by Gasteiger charge is 2.09. The number of Topliss-reactive ketones (excluding diaryl/α,β-unsaturated/α-hetero) is 1. The number of aromatic nitrogens is 1. The number of carbonyl (C=O) groups is 3. The topological polar surface area (TPSA) is 97.4 Å². The normalized spacial score (nSPS) is 10.1. The summed E-state index contributed by atoms with van der Waals surface area (Å²) < 4.78 is 4.67. The summed E-state index contributed by atoms with van der Waals surface area (Å²) in [5.41, 5.74) is 3.33. The number of rotatable bonds is 6. The van der Waals surface area contributed by atoms with Crippen molar-refractivity contribution < 1.29 is 19.1 Å². The zero-order valence-electron chi connectivity index (χ0n) is 15.9. The molecule has 7 heteroatoms. The van der Waals surface area contributed by atoms with Crippen LogP contribution in [0.4, 0.5) is 17.1 Å². The van der Waals surface area contributed by atoms with Gasteiger partial charge in [0, 0.05) is 23.1 Å². The summed E-state index contributed by atoms with van der Waals surface area (Å²) in [4.78, 5) is 39.4. The fourth-order valence-corrected chi connectivity index (χ4v) is 2.60. The van der Waals surface area contributed by atoms with Crippen molar-refractivity contribution in [3.05, 3.63) is 83.7 Å². The molecule has 0 spiro atoms. The second-order valence-electron chi connectivity index (χ2n) is 6.24. The first-order chi connectivity index (χ1) is 14.0. The molecule has 0 aliphatic carbocycles. The fourth-order valence-electron chi connectivity index (χ4n) is 2.60. The summed E-state index contributed by atoms with van der Waals surface area (Å²) in [7, 11) is 1.33. The third kappa shape index (κ3) is 5.04. The van der Waals surface area contributed by atoms with E-state index in [1.807, 2.05) is 0 Å². The van der Waals surface area contributed by atoms with Gasteiger partial charge in [-0.2, -0.15) is 0 Å². The number of nitrogens with one attached hydrogen (secondary N) is 2. The van der Waals surface area contributed by atoms with Crippen molar-refractivity contribution in [1.29, 1.82) is 0 Å². The Morgan fingerprint density at radius 3 is 2.03 bits per heavy atom. The van der Waals surface area contributed by atoms with E-state index in [0.29, 0.717) is 28.1 Å². The molecule has 0 fully saturated rings. The summed E-state index contributed by atoms with van der Waals surface area (Å²) in [6.07, 6.45) is 3.05. The molecule has 0 bridgehead atoms. The highest BCUT2D eigenvalue weighted by atomic mass is 16.5. The first-order valence-electron chi connectivity index (χ1n) is 8.79. The van der Waals surface area contributed by atoms with Crippen molar-refractivity contribution in [3.63, 3.8) is 0 Å². The Kier molecular flexibility index (Phi) is 5.99. The number of hydrogen-bond acceptors (Lipinski definition) is 6. The molecule has 7 nitrogen and oxygen atoms in total. The zero-order valence-corrected chi connectivity index (χ0v) is 15.9. The molecule has 0 radical (unpaired) electrons. The van der Waals surface area contributed by atoms with Crippen molar-refractivity contribution in [2.75, 3.05) is 17.7 Å². The average molecular weight is 389 g/mol. The highest BCUT2D eigenvalue weighted by Crippen LogP contribution is 2.19. The Labute approximate surface area is 167 Å². The van der Waals surface area contributed by atoms with Gasteiger partial charge in [-0.1, -0.05) is 0 Å². The first-order valence-corrected chi connectivity index (χ1v) is 8.79. The third-order valence-electron chi connectivity index (χ3n) is 4.14. The zero-order chi connectivity index (χ0) is 20.8. The lowest BCUT2D eigenvalue weighted by Gasteiger charge is -2.09. The van der Waals surface area contributed by atoms with Crippen molar-refractivity contribution in [2.45, 2.75) is 6.92 Å². The Morgan fingerprint density at radius 1 is 0.793 bits per heavy atom. The first kappa shape index (κ1) is 19.8. The van der Waals surface area contributed by atoms with E-state index in [9.17, 15) is 14.4 Å². The number of esters is 1. The number of pyridine rings is 1. The van der Waals surface area contributed by atoms with Gasteiger partial charge in [-0.05, 0) is 61.5 Å². The second kappa shape index (κ2) is 8.79. The molecule has 0 aliphatic heterocycles. The summed E-state index contributed by atoms with van der Waals surface area (Å²) in [6, 6.07) is 15.1. The van der Waals surface area contributed by atoms with Gasteiger partial charge in [0.15, 0.2) is 5.78 Å². The monoisotopic (exact) mass is 389 g/mol. The number of methoxy groups -OCH3 is 1. The van der Waals surface area contributed by atoms with Gasteiger partial charge in [0.05, 0.1) is 30.1 Å². The standard InChI is InChI=1S/C22H19N3O4/c1-14(26)15-3-7-19(8-4-15)25-21(27)17-11-20(13-23-12-17)24-18-9-5-16(6-10-18)22(28)29-2/h3-13,24H,1-2H3,(H,25,27). The van der Waals surface area contributed by atoms with Crippen molar-refractivity contribution in [2.24, 2.45) is 0 Å². The minimum Gasteiger partial charge on any atom is -0.465 e. The minimum atomic E-state index is -0.409. The predicted octanol–water partition coefficient (Wildman–Crippen LogP) is 4.07. The van der Waals surface area contributed by atoms with E-state index in [2.05, 4.69) is 20.4 Å². The number of anilines is 3. The van der Waals surface area contributed by atoms with Gasteiger partial charge >= 0.3 is 5.97 Å². The van der Waals surface area contributed by atoms with Crippen LogP contribution >= 0.6 is 0 Å². The van der Waals surface area contributed by atoms with Crippen molar-refractivity contribution >= 4 is 34.7 Å². The molecular formula is C22H19N3O4. The number of hydrogen-bond donors (Lipinski definition) is 2. The van der Waals surface area contributed by atoms with E-state index < -0.39 is 5.97 Å². The predicted molar refractivity (Wildman–Crippen MR) is 110 cm³/mol. The molecule has 1 aromatic heterocycles. The molecule has 1 amide bonds. The Bertz CT molecular complexity index is 1040. The molecule has 2 aromatic carbocycles. The summed E-state index contributed by atoms with van der Waals surface area (Å²) in [5.74, 6) is -0.767. The largest absolute Gasteiger partial charge is 0.465 e. The Hall–Kier alpha value is -4.00. The SMILES string of the molecule is COC(=O)c1ccc(Nc2cncc(C(=O)Nc3ccc(C(C)=O)cc3)c2)cc1. The van der Waals surface area contributed by atoms with E-state index in [-0.39, 0.29) is 11.7 Å². The lowest BCUT2D eigenvalue weighted by atomic mass is 10.1. The number of ketones is 1. The van der Waals surface area contributed by atoms with Gasteiger partial charge < -0.3 is 15.4 Å². The molecule has 0 unspecified atom stereocenters. The van der Waals surface area contributed by atoms with Crippen molar-refractivity contribution in [3.8, 4) is 0 Å². The number of nitrogens with zero attached hydrogens (tertiary/aromatic N) is 1. The average Bonchev–Trinajstić information content (AvgIpc) is 2.74. The van der Waals surface area contributed by atoms with Crippen LogP contribution in [0.15, 0.2) is 67.0 Å². The molecule has 3 aromatic rings. The smallest absolute Gasteiger partial charge is 0.337 e. The van der Waals surface area contributed by atoms with Crippen LogP contribution < -0.4 is 10.6 Å². The quantitative estimate of drug-likeness (QED) is 0.487. The fraction of sp³-hybridized carbons (Fsp3) is 0.0909. The summed E-state index contributed by atoms with van der Waals surface area (Å²) >= 11 is 0. The molecule has 0 aliphatic rings. The lowest BCUT2D eigenvalue weighted by molar-refractivity contribution is 0.0600.